The summed E-state index contributed by atoms with van der Waals surface area (Å²) < 4.78 is 18.8. The van der Waals surface area contributed by atoms with Crippen molar-refractivity contribution in [2.75, 3.05) is 0 Å². The van der Waals surface area contributed by atoms with E-state index in [1.165, 1.54) is 11.3 Å². The van der Waals surface area contributed by atoms with Gasteiger partial charge in [0.15, 0.2) is 11.1 Å². The SMILES string of the molecule is Cc1cc(S(=O)O)cs1.[LiH]. The molecule has 10 heavy (non-hydrogen) atoms. The minimum absolute atomic E-state index is 0. The van der Waals surface area contributed by atoms with Crippen LogP contribution in [0.4, 0.5) is 0 Å². The Morgan fingerprint density at radius 1 is 1.70 bits per heavy atom. The summed E-state index contributed by atoms with van der Waals surface area (Å²) in [6.07, 6.45) is 0. The molecule has 0 aliphatic heterocycles. The molecule has 0 aromatic carbocycles. The molecule has 5 heteroatoms. The van der Waals surface area contributed by atoms with E-state index in [4.69, 9.17) is 4.55 Å². The van der Waals surface area contributed by atoms with E-state index in [1.54, 1.807) is 11.4 Å². The van der Waals surface area contributed by atoms with Crippen LogP contribution >= 0.6 is 11.3 Å². The fraction of sp³-hybridized carbons (Fsp3) is 0.200. The van der Waals surface area contributed by atoms with Gasteiger partial charge in [-0.3, -0.25) is 0 Å². The molecular weight excluding hydrogens is 163 g/mol. The molecule has 0 saturated carbocycles. The van der Waals surface area contributed by atoms with E-state index in [9.17, 15) is 4.21 Å². The molecule has 0 fully saturated rings. The van der Waals surface area contributed by atoms with Crippen molar-refractivity contribution in [3.05, 3.63) is 16.3 Å². The molecule has 1 aromatic rings. The first-order chi connectivity index (χ1) is 4.20. The Balaban J connectivity index is 0.000000810. The molecule has 0 aliphatic rings. The third-order valence-corrected chi connectivity index (χ3v) is 2.56. The average molecular weight is 170 g/mol. The molecule has 0 saturated heterocycles. The van der Waals surface area contributed by atoms with Gasteiger partial charge in [-0.15, -0.1) is 11.3 Å². The van der Waals surface area contributed by atoms with E-state index in [-0.39, 0.29) is 18.9 Å². The molecule has 1 atom stereocenters. The summed E-state index contributed by atoms with van der Waals surface area (Å²) in [5.41, 5.74) is 0. The van der Waals surface area contributed by atoms with Gasteiger partial charge < -0.3 is 4.55 Å². The van der Waals surface area contributed by atoms with Crippen molar-refractivity contribution < 1.29 is 8.76 Å². The molecule has 1 unspecified atom stereocenters. The van der Waals surface area contributed by atoms with Crippen LogP contribution in [0.2, 0.25) is 0 Å². The van der Waals surface area contributed by atoms with Crippen molar-refractivity contribution in [2.45, 2.75) is 11.8 Å². The number of aryl methyl sites for hydroxylation is 1. The van der Waals surface area contributed by atoms with Gasteiger partial charge in [0.25, 0.3) is 0 Å². The van der Waals surface area contributed by atoms with Gasteiger partial charge in [-0.1, -0.05) is 0 Å². The molecule has 1 heterocycles. The number of rotatable bonds is 1. The van der Waals surface area contributed by atoms with E-state index in [0.29, 0.717) is 4.90 Å². The maximum absolute atomic E-state index is 10.3. The van der Waals surface area contributed by atoms with Crippen LogP contribution in [0.25, 0.3) is 0 Å². The second kappa shape index (κ2) is 4.32. The van der Waals surface area contributed by atoms with Crippen molar-refractivity contribution in [1.82, 2.24) is 0 Å². The van der Waals surface area contributed by atoms with Gasteiger partial charge in [0.1, 0.15) is 0 Å². The predicted octanol–water partition coefficient (Wildman–Crippen LogP) is 0.989. The Labute approximate surface area is 78.1 Å². The first-order valence-corrected chi connectivity index (χ1v) is 4.35. The Morgan fingerprint density at radius 3 is 2.50 bits per heavy atom. The van der Waals surface area contributed by atoms with Crippen LogP contribution in [0.3, 0.4) is 0 Å². The summed E-state index contributed by atoms with van der Waals surface area (Å²) >= 11 is -0.318. The van der Waals surface area contributed by atoms with Gasteiger partial charge >= 0.3 is 18.9 Å². The Hall–Kier alpha value is 0.407. The van der Waals surface area contributed by atoms with Crippen LogP contribution in [0, 0.1) is 6.92 Å². The van der Waals surface area contributed by atoms with Crippen molar-refractivity contribution in [2.24, 2.45) is 0 Å². The summed E-state index contributed by atoms with van der Waals surface area (Å²) in [5, 5.41) is 1.69. The van der Waals surface area contributed by atoms with Gasteiger partial charge in [0, 0.05) is 10.3 Å². The summed E-state index contributed by atoms with van der Waals surface area (Å²) in [7, 11) is 0. The number of hydrogen-bond donors (Lipinski definition) is 1. The molecule has 0 aliphatic carbocycles. The summed E-state index contributed by atoms with van der Waals surface area (Å²) in [6.45, 7) is 1.90. The quantitative estimate of drug-likeness (QED) is 0.504. The van der Waals surface area contributed by atoms with Crippen molar-refractivity contribution in [3.8, 4) is 0 Å². The summed E-state index contributed by atoms with van der Waals surface area (Å²) in [5.74, 6) is 0. The number of thiophene rings is 1. The monoisotopic (exact) mass is 170 g/mol. The Morgan fingerprint density at radius 2 is 2.30 bits per heavy atom. The van der Waals surface area contributed by atoms with E-state index < -0.39 is 11.1 Å². The van der Waals surface area contributed by atoms with Gasteiger partial charge in [0.2, 0.25) is 0 Å². The van der Waals surface area contributed by atoms with Gasteiger partial charge in [-0.25, -0.2) is 4.21 Å². The first kappa shape index (κ1) is 10.4. The third-order valence-electron chi connectivity index (χ3n) is 0.908. The van der Waals surface area contributed by atoms with Crippen LogP contribution in [0.15, 0.2) is 16.3 Å². The molecular formula is C5H7LiO2S2. The molecule has 52 valence electrons. The van der Waals surface area contributed by atoms with E-state index >= 15 is 0 Å². The zero-order valence-electron chi connectivity index (χ0n) is 4.83. The molecule has 0 amide bonds. The molecule has 1 aromatic heterocycles. The van der Waals surface area contributed by atoms with Crippen LogP contribution in [0.1, 0.15) is 4.88 Å². The standard InChI is InChI=1S/C5H6O2S2.Li.H/c1-4-2-5(3-8-4)9(6)7;;/h2-3H,1H3,(H,6,7);;. The van der Waals surface area contributed by atoms with Crippen LogP contribution in [-0.4, -0.2) is 27.6 Å². The molecule has 0 bridgehead atoms. The normalized spacial score (nSPS) is 12.2. The molecule has 2 nitrogen and oxygen atoms in total. The van der Waals surface area contributed by atoms with Crippen LogP contribution < -0.4 is 0 Å². The van der Waals surface area contributed by atoms with Gasteiger partial charge in [0.05, 0.1) is 4.90 Å². The second-order valence-electron chi connectivity index (χ2n) is 1.64. The Bertz CT molecular complexity index is 233. The van der Waals surface area contributed by atoms with Crippen molar-refractivity contribution in [3.63, 3.8) is 0 Å². The number of hydrogen-bond acceptors (Lipinski definition) is 2. The summed E-state index contributed by atoms with van der Waals surface area (Å²) in [6, 6.07) is 1.71. The molecule has 0 spiro atoms. The summed E-state index contributed by atoms with van der Waals surface area (Å²) in [4.78, 5) is 1.56. The van der Waals surface area contributed by atoms with Gasteiger partial charge in [-0.05, 0) is 13.0 Å². The van der Waals surface area contributed by atoms with E-state index in [2.05, 4.69) is 0 Å². The zero-order valence-corrected chi connectivity index (χ0v) is 6.46. The predicted molar refractivity (Wildman–Crippen MR) is 45.2 cm³/mol. The average Bonchev–Trinajstić information content (AvgIpc) is 2.14. The maximum atomic E-state index is 10.3. The first-order valence-electron chi connectivity index (χ1n) is 2.36. The Kier molecular flexibility index (Phi) is 4.50. The minimum atomic E-state index is -1.80. The topological polar surface area (TPSA) is 37.3 Å². The van der Waals surface area contributed by atoms with Crippen molar-refractivity contribution >= 4 is 41.3 Å². The third kappa shape index (κ3) is 2.57. The van der Waals surface area contributed by atoms with E-state index in [1.807, 2.05) is 6.92 Å². The van der Waals surface area contributed by atoms with Crippen LogP contribution in [0.5, 0.6) is 0 Å². The second-order valence-corrected chi connectivity index (χ2v) is 3.73. The zero-order chi connectivity index (χ0) is 6.85. The molecule has 1 rings (SSSR count). The van der Waals surface area contributed by atoms with Crippen LogP contribution in [-0.2, 0) is 11.1 Å². The van der Waals surface area contributed by atoms with E-state index in [0.717, 1.165) is 4.88 Å². The molecule has 0 radical (unpaired) electrons. The van der Waals surface area contributed by atoms with Gasteiger partial charge in [-0.2, -0.15) is 0 Å². The van der Waals surface area contributed by atoms with Crippen molar-refractivity contribution in [1.29, 1.82) is 0 Å². The molecule has 1 N–H and O–H groups in total. The fourth-order valence-corrected chi connectivity index (χ4v) is 1.90. The fourth-order valence-electron chi connectivity index (χ4n) is 0.511.